The average Bonchev–Trinajstić information content (AvgIpc) is 2.82. The largest absolute Gasteiger partial charge is 0.352 e. The van der Waals surface area contributed by atoms with Crippen LogP contribution in [0, 0.1) is 0 Å². The number of aryl methyl sites for hydroxylation is 1. The summed E-state index contributed by atoms with van der Waals surface area (Å²) in [5.74, 6) is 0.0721. The maximum atomic E-state index is 11.7. The highest BCUT2D eigenvalue weighted by atomic mass is 35.5. The molecule has 18 heavy (non-hydrogen) atoms. The van der Waals surface area contributed by atoms with Crippen LogP contribution in [-0.2, 0) is 11.3 Å². The number of nitrogens with zero attached hydrogens (tertiary/aromatic N) is 2. The first-order chi connectivity index (χ1) is 8.25. The number of amides is 1. The molecule has 0 bridgehead atoms. The fraction of sp³-hybridized carbons (Fsp3) is 0.667. The predicted octanol–water partition coefficient (Wildman–Crippen LogP) is 1.08. The summed E-state index contributed by atoms with van der Waals surface area (Å²) >= 11 is 0. The Morgan fingerprint density at radius 3 is 2.89 bits per heavy atom. The zero-order chi connectivity index (χ0) is 12.1. The van der Waals surface area contributed by atoms with Gasteiger partial charge >= 0.3 is 0 Å². The Morgan fingerprint density at radius 2 is 2.22 bits per heavy atom. The smallest absolute Gasteiger partial charge is 0.222 e. The molecule has 1 heterocycles. The third kappa shape index (κ3) is 4.31. The summed E-state index contributed by atoms with van der Waals surface area (Å²) in [5.41, 5.74) is 5.99. The number of carbonyl (C=O) groups excluding carboxylic acids is 1. The van der Waals surface area contributed by atoms with Gasteiger partial charge in [0.15, 0.2) is 0 Å². The van der Waals surface area contributed by atoms with E-state index in [-0.39, 0.29) is 30.4 Å². The number of carbonyl (C=O) groups is 1. The third-order valence-corrected chi connectivity index (χ3v) is 3.29. The van der Waals surface area contributed by atoms with Crippen molar-refractivity contribution in [3.8, 4) is 0 Å². The van der Waals surface area contributed by atoms with Gasteiger partial charge in [0.05, 0.1) is 0 Å². The van der Waals surface area contributed by atoms with E-state index >= 15 is 0 Å². The molecular weight excluding hydrogens is 252 g/mol. The van der Waals surface area contributed by atoms with E-state index in [4.69, 9.17) is 5.73 Å². The topological polar surface area (TPSA) is 72.9 Å². The van der Waals surface area contributed by atoms with E-state index < -0.39 is 0 Å². The lowest BCUT2D eigenvalue weighted by atomic mass is 9.91. The van der Waals surface area contributed by atoms with E-state index in [0.717, 1.165) is 19.3 Å². The second-order valence-electron chi connectivity index (χ2n) is 4.64. The van der Waals surface area contributed by atoms with Crippen LogP contribution in [0.5, 0.6) is 0 Å². The predicted molar refractivity (Wildman–Crippen MR) is 72.5 cm³/mol. The van der Waals surface area contributed by atoms with E-state index in [2.05, 4.69) is 10.4 Å². The Bertz CT molecular complexity index is 355. The fourth-order valence-electron chi connectivity index (χ4n) is 2.27. The Kier molecular flexibility index (Phi) is 6.15. The molecule has 1 amide bonds. The SMILES string of the molecule is Cl.N[C@@H]1CCCC[C@H]1NC(=O)CCn1cccn1. The molecule has 1 fully saturated rings. The minimum atomic E-state index is 0. The van der Waals surface area contributed by atoms with Gasteiger partial charge in [0.1, 0.15) is 0 Å². The number of hydrogen-bond acceptors (Lipinski definition) is 3. The number of nitrogens with two attached hydrogens (primary N) is 1. The molecule has 0 spiro atoms. The Morgan fingerprint density at radius 1 is 1.44 bits per heavy atom. The number of nitrogens with one attached hydrogen (secondary N) is 1. The lowest BCUT2D eigenvalue weighted by Gasteiger charge is -2.29. The zero-order valence-electron chi connectivity index (χ0n) is 10.4. The summed E-state index contributed by atoms with van der Waals surface area (Å²) in [5, 5.41) is 7.09. The summed E-state index contributed by atoms with van der Waals surface area (Å²) in [6.07, 6.45) is 8.41. The van der Waals surface area contributed by atoms with Crippen LogP contribution in [0.4, 0.5) is 0 Å². The van der Waals surface area contributed by atoms with Gasteiger partial charge in [-0.1, -0.05) is 12.8 Å². The Hall–Kier alpha value is -1.07. The molecule has 6 heteroatoms. The molecular formula is C12H21ClN4O. The van der Waals surface area contributed by atoms with Crippen LogP contribution in [0.3, 0.4) is 0 Å². The number of hydrogen-bond donors (Lipinski definition) is 2. The number of rotatable bonds is 4. The zero-order valence-corrected chi connectivity index (χ0v) is 11.2. The Labute approximate surface area is 114 Å². The maximum absolute atomic E-state index is 11.7. The summed E-state index contributed by atoms with van der Waals surface area (Å²) in [7, 11) is 0. The normalized spacial score (nSPS) is 23.2. The van der Waals surface area contributed by atoms with Gasteiger partial charge in [0, 0.05) is 37.4 Å². The van der Waals surface area contributed by atoms with Crippen LogP contribution < -0.4 is 11.1 Å². The number of halogens is 1. The standard InChI is InChI=1S/C12H20N4O.ClH/c13-10-4-1-2-5-11(10)15-12(17)6-9-16-8-3-7-14-16;/h3,7-8,10-11H,1-2,4-6,9,13H2,(H,15,17);1H/t10-,11-;/m1./s1. The first-order valence-corrected chi connectivity index (χ1v) is 6.28. The van der Waals surface area contributed by atoms with Crippen molar-refractivity contribution in [2.24, 2.45) is 5.73 Å². The van der Waals surface area contributed by atoms with Crippen LogP contribution in [-0.4, -0.2) is 27.8 Å². The summed E-state index contributed by atoms with van der Waals surface area (Å²) in [6.45, 7) is 0.626. The van der Waals surface area contributed by atoms with Crippen molar-refractivity contribution in [3.05, 3.63) is 18.5 Å². The van der Waals surface area contributed by atoms with E-state index in [9.17, 15) is 4.79 Å². The van der Waals surface area contributed by atoms with Gasteiger partial charge in [-0.15, -0.1) is 12.4 Å². The highest BCUT2D eigenvalue weighted by Gasteiger charge is 2.22. The van der Waals surface area contributed by atoms with E-state index in [1.165, 1.54) is 6.42 Å². The monoisotopic (exact) mass is 272 g/mol. The molecule has 102 valence electrons. The van der Waals surface area contributed by atoms with E-state index in [0.29, 0.717) is 13.0 Å². The number of aromatic nitrogens is 2. The van der Waals surface area contributed by atoms with Gasteiger partial charge in [-0.2, -0.15) is 5.10 Å². The van der Waals surface area contributed by atoms with Crippen molar-refractivity contribution >= 4 is 18.3 Å². The molecule has 1 aromatic rings. The third-order valence-electron chi connectivity index (χ3n) is 3.29. The van der Waals surface area contributed by atoms with Crippen molar-refractivity contribution in [1.82, 2.24) is 15.1 Å². The van der Waals surface area contributed by atoms with Crippen LogP contribution in [0.25, 0.3) is 0 Å². The molecule has 0 saturated heterocycles. The second-order valence-corrected chi connectivity index (χ2v) is 4.64. The molecule has 1 aliphatic carbocycles. The molecule has 0 aromatic carbocycles. The molecule has 3 N–H and O–H groups in total. The van der Waals surface area contributed by atoms with Gasteiger partial charge in [-0.25, -0.2) is 0 Å². The molecule has 5 nitrogen and oxygen atoms in total. The van der Waals surface area contributed by atoms with Crippen molar-refractivity contribution < 1.29 is 4.79 Å². The van der Waals surface area contributed by atoms with Gasteiger partial charge in [0.2, 0.25) is 5.91 Å². The van der Waals surface area contributed by atoms with Crippen molar-refractivity contribution in [3.63, 3.8) is 0 Å². The Balaban J connectivity index is 0.00000162. The molecule has 1 aliphatic rings. The van der Waals surface area contributed by atoms with Crippen molar-refractivity contribution in [1.29, 1.82) is 0 Å². The van der Waals surface area contributed by atoms with Crippen LogP contribution in [0.15, 0.2) is 18.5 Å². The quantitative estimate of drug-likeness (QED) is 0.862. The molecule has 2 rings (SSSR count). The molecule has 1 aromatic heterocycles. The van der Waals surface area contributed by atoms with Crippen molar-refractivity contribution in [2.75, 3.05) is 0 Å². The first kappa shape index (κ1) is 15.0. The highest BCUT2D eigenvalue weighted by molar-refractivity contribution is 5.85. The van der Waals surface area contributed by atoms with Crippen molar-refractivity contribution in [2.45, 2.75) is 50.7 Å². The summed E-state index contributed by atoms with van der Waals surface area (Å²) in [4.78, 5) is 11.7. The van der Waals surface area contributed by atoms with Crippen LogP contribution in [0.1, 0.15) is 32.1 Å². The van der Waals surface area contributed by atoms with Gasteiger partial charge in [-0.05, 0) is 18.9 Å². The lowest BCUT2D eigenvalue weighted by Crippen LogP contribution is -2.49. The molecule has 0 aliphatic heterocycles. The van der Waals surface area contributed by atoms with Gasteiger partial charge in [-0.3, -0.25) is 9.48 Å². The first-order valence-electron chi connectivity index (χ1n) is 6.28. The molecule has 1 saturated carbocycles. The highest BCUT2D eigenvalue weighted by Crippen LogP contribution is 2.16. The van der Waals surface area contributed by atoms with E-state index in [1.54, 1.807) is 10.9 Å². The lowest BCUT2D eigenvalue weighted by molar-refractivity contribution is -0.122. The summed E-state index contributed by atoms with van der Waals surface area (Å²) < 4.78 is 1.76. The van der Waals surface area contributed by atoms with Crippen LogP contribution >= 0.6 is 12.4 Å². The molecule has 0 unspecified atom stereocenters. The average molecular weight is 273 g/mol. The fourth-order valence-corrected chi connectivity index (χ4v) is 2.27. The second kappa shape index (κ2) is 7.38. The van der Waals surface area contributed by atoms with Gasteiger partial charge < -0.3 is 11.1 Å². The molecule has 0 radical (unpaired) electrons. The minimum Gasteiger partial charge on any atom is -0.352 e. The minimum absolute atomic E-state index is 0. The molecule has 2 atom stereocenters. The summed E-state index contributed by atoms with van der Waals surface area (Å²) in [6, 6.07) is 2.14. The van der Waals surface area contributed by atoms with Gasteiger partial charge in [0.25, 0.3) is 0 Å². The van der Waals surface area contributed by atoms with E-state index in [1.807, 2.05) is 12.3 Å². The van der Waals surface area contributed by atoms with Crippen LogP contribution in [0.2, 0.25) is 0 Å². The maximum Gasteiger partial charge on any atom is 0.222 e.